The van der Waals surface area contributed by atoms with Crippen LogP contribution in [0.4, 0.5) is 10.1 Å². The van der Waals surface area contributed by atoms with Crippen LogP contribution in [0.5, 0.6) is 5.75 Å². The van der Waals surface area contributed by atoms with Crippen LogP contribution in [0.1, 0.15) is 19.3 Å². The molecule has 0 saturated heterocycles. The van der Waals surface area contributed by atoms with Crippen LogP contribution in [0.25, 0.3) is 0 Å². The van der Waals surface area contributed by atoms with Gasteiger partial charge >= 0.3 is 5.97 Å². The predicted octanol–water partition coefficient (Wildman–Crippen LogP) is 4.78. The van der Waals surface area contributed by atoms with Gasteiger partial charge in [0, 0.05) is 23.7 Å². The first-order valence-corrected chi connectivity index (χ1v) is 9.82. The summed E-state index contributed by atoms with van der Waals surface area (Å²) in [4.78, 5) is 25.6. The average molecular weight is 453 g/mol. The van der Waals surface area contributed by atoms with Crippen molar-refractivity contribution in [3.05, 3.63) is 58.3 Å². The Bertz CT molecular complexity index is 916. The molecule has 0 unspecified atom stereocenters. The standard InChI is InChI=1S/C21H19Cl2FN2O4/c22-15-4-9-19(18(23)13-15)29-12-1-3-21(28)30-14-20(27)26(11-2-10-25)17-7-5-16(24)6-8-17/h4-9,13H,1-3,11-12,14H2. The molecule has 6 nitrogen and oxygen atoms in total. The van der Waals surface area contributed by atoms with Crippen molar-refractivity contribution in [3.8, 4) is 11.8 Å². The molecule has 2 aromatic carbocycles. The van der Waals surface area contributed by atoms with Crippen molar-refractivity contribution in [3.63, 3.8) is 0 Å². The minimum atomic E-state index is -0.562. The van der Waals surface area contributed by atoms with E-state index in [9.17, 15) is 14.0 Å². The van der Waals surface area contributed by atoms with Crippen LogP contribution in [-0.4, -0.2) is 31.6 Å². The van der Waals surface area contributed by atoms with Gasteiger partial charge in [0.15, 0.2) is 6.61 Å². The van der Waals surface area contributed by atoms with Gasteiger partial charge in [0.2, 0.25) is 0 Å². The Hall–Kier alpha value is -2.82. The summed E-state index contributed by atoms with van der Waals surface area (Å²) >= 11 is 11.8. The summed E-state index contributed by atoms with van der Waals surface area (Å²) in [7, 11) is 0. The monoisotopic (exact) mass is 452 g/mol. The van der Waals surface area contributed by atoms with E-state index in [2.05, 4.69) is 0 Å². The number of hydrogen-bond donors (Lipinski definition) is 0. The fourth-order valence-corrected chi connectivity index (χ4v) is 2.93. The zero-order chi connectivity index (χ0) is 21.9. The Morgan fingerprint density at radius 3 is 2.53 bits per heavy atom. The van der Waals surface area contributed by atoms with E-state index >= 15 is 0 Å². The molecular weight excluding hydrogens is 434 g/mol. The lowest BCUT2D eigenvalue weighted by Crippen LogP contribution is -2.35. The van der Waals surface area contributed by atoms with Crippen molar-refractivity contribution in [1.29, 1.82) is 5.26 Å². The van der Waals surface area contributed by atoms with Crippen molar-refractivity contribution in [2.75, 3.05) is 24.7 Å². The summed E-state index contributed by atoms with van der Waals surface area (Å²) in [5.74, 6) is -1.06. The molecule has 0 aliphatic heterocycles. The first-order valence-electron chi connectivity index (χ1n) is 9.07. The number of carbonyl (C=O) groups is 2. The van der Waals surface area contributed by atoms with Crippen LogP contribution in [-0.2, 0) is 14.3 Å². The molecule has 0 aliphatic carbocycles. The fraction of sp³-hybridized carbons (Fsp3) is 0.286. The molecule has 0 radical (unpaired) electrons. The highest BCUT2D eigenvalue weighted by Gasteiger charge is 2.17. The van der Waals surface area contributed by atoms with E-state index in [4.69, 9.17) is 37.9 Å². The van der Waals surface area contributed by atoms with E-state index in [1.165, 1.54) is 29.2 Å². The Balaban J connectivity index is 1.78. The number of nitriles is 1. The number of esters is 1. The third-order valence-electron chi connectivity index (χ3n) is 3.92. The average Bonchev–Trinajstić information content (AvgIpc) is 2.72. The lowest BCUT2D eigenvalue weighted by Gasteiger charge is -2.21. The number of halogens is 3. The Morgan fingerprint density at radius 2 is 1.87 bits per heavy atom. The van der Waals surface area contributed by atoms with Crippen molar-refractivity contribution in [2.45, 2.75) is 19.3 Å². The smallest absolute Gasteiger partial charge is 0.306 e. The number of benzene rings is 2. The highest BCUT2D eigenvalue weighted by Crippen LogP contribution is 2.27. The van der Waals surface area contributed by atoms with E-state index in [-0.39, 0.29) is 26.0 Å². The van der Waals surface area contributed by atoms with Gasteiger partial charge in [0.25, 0.3) is 5.91 Å². The summed E-state index contributed by atoms with van der Waals surface area (Å²) < 4.78 is 23.6. The second kappa shape index (κ2) is 12.0. The normalized spacial score (nSPS) is 10.2. The molecule has 1 amide bonds. The van der Waals surface area contributed by atoms with Crippen LogP contribution in [0.15, 0.2) is 42.5 Å². The number of amides is 1. The maximum atomic E-state index is 13.1. The summed E-state index contributed by atoms with van der Waals surface area (Å²) in [6.07, 6.45) is 0.497. The minimum Gasteiger partial charge on any atom is -0.492 e. The molecule has 0 aromatic heterocycles. The molecule has 30 heavy (non-hydrogen) atoms. The topological polar surface area (TPSA) is 79.6 Å². The first-order chi connectivity index (χ1) is 14.4. The van der Waals surface area contributed by atoms with E-state index < -0.39 is 24.3 Å². The van der Waals surface area contributed by atoms with Crippen molar-refractivity contribution in [1.82, 2.24) is 0 Å². The summed E-state index contributed by atoms with van der Waals surface area (Å²) in [6, 6.07) is 12.0. The van der Waals surface area contributed by atoms with Gasteiger partial charge in [-0.15, -0.1) is 0 Å². The maximum Gasteiger partial charge on any atom is 0.306 e. The zero-order valence-electron chi connectivity index (χ0n) is 15.9. The summed E-state index contributed by atoms with van der Waals surface area (Å²) in [5.41, 5.74) is 0.418. The third kappa shape index (κ3) is 7.54. The van der Waals surface area contributed by atoms with Crippen LogP contribution in [0, 0.1) is 17.1 Å². The largest absolute Gasteiger partial charge is 0.492 e. The van der Waals surface area contributed by atoms with Gasteiger partial charge in [-0.25, -0.2) is 4.39 Å². The van der Waals surface area contributed by atoms with E-state index in [1.807, 2.05) is 6.07 Å². The number of rotatable bonds is 10. The molecule has 158 valence electrons. The van der Waals surface area contributed by atoms with E-state index in [0.717, 1.165) is 0 Å². The first kappa shape index (κ1) is 23.5. The molecule has 0 heterocycles. The molecule has 0 bridgehead atoms. The summed E-state index contributed by atoms with van der Waals surface area (Å²) in [6.45, 7) is -0.145. The molecule has 0 aliphatic rings. The predicted molar refractivity (Wildman–Crippen MR) is 111 cm³/mol. The molecular formula is C21H19Cl2FN2O4. The van der Waals surface area contributed by atoms with Gasteiger partial charge in [-0.3, -0.25) is 9.59 Å². The number of carbonyl (C=O) groups excluding carboxylic acids is 2. The lowest BCUT2D eigenvalue weighted by atomic mass is 10.2. The third-order valence-corrected chi connectivity index (χ3v) is 4.45. The molecule has 0 spiro atoms. The number of hydrogen-bond acceptors (Lipinski definition) is 5. The Morgan fingerprint density at radius 1 is 1.13 bits per heavy atom. The zero-order valence-corrected chi connectivity index (χ0v) is 17.5. The summed E-state index contributed by atoms with van der Waals surface area (Å²) in [5, 5.41) is 9.64. The number of ether oxygens (including phenoxy) is 2. The molecule has 0 atom stereocenters. The van der Waals surface area contributed by atoms with Crippen LogP contribution in [0.2, 0.25) is 10.0 Å². The highest BCUT2D eigenvalue weighted by molar-refractivity contribution is 6.35. The second-order valence-corrected chi connectivity index (χ2v) is 6.96. The van der Waals surface area contributed by atoms with Crippen molar-refractivity contribution < 1.29 is 23.5 Å². The van der Waals surface area contributed by atoms with Crippen LogP contribution in [0.3, 0.4) is 0 Å². The second-order valence-electron chi connectivity index (χ2n) is 6.12. The van der Waals surface area contributed by atoms with Crippen molar-refractivity contribution in [2.24, 2.45) is 0 Å². The van der Waals surface area contributed by atoms with Crippen LogP contribution < -0.4 is 9.64 Å². The molecule has 9 heteroatoms. The van der Waals surface area contributed by atoms with Gasteiger partial charge in [-0.1, -0.05) is 23.2 Å². The molecule has 2 rings (SSSR count). The van der Waals surface area contributed by atoms with Gasteiger partial charge in [-0.2, -0.15) is 5.26 Å². The molecule has 0 N–H and O–H groups in total. The van der Waals surface area contributed by atoms with Gasteiger partial charge in [0.05, 0.1) is 24.1 Å². The van der Waals surface area contributed by atoms with Crippen molar-refractivity contribution >= 4 is 40.8 Å². The van der Waals surface area contributed by atoms with Gasteiger partial charge in [-0.05, 0) is 48.9 Å². The Labute approximate surface area is 183 Å². The SMILES string of the molecule is N#CCCN(C(=O)COC(=O)CCCOc1ccc(Cl)cc1Cl)c1ccc(F)cc1. The Kier molecular flexibility index (Phi) is 9.39. The fourth-order valence-electron chi connectivity index (χ4n) is 2.46. The molecule has 0 saturated carbocycles. The highest BCUT2D eigenvalue weighted by atomic mass is 35.5. The number of anilines is 1. The van der Waals surface area contributed by atoms with Gasteiger partial charge < -0.3 is 14.4 Å². The van der Waals surface area contributed by atoms with E-state index in [0.29, 0.717) is 27.9 Å². The lowest BCUT2D eigenvalue weighted by molar-refractivity contribution is -0.148. The maximum absolute atomic E-state index is 13.1. The van der Waals surface area contributed by atoms with Crippen LogP contribution >= 0.6 is 23.2 Å². The van der Waals surface area contributed by atoms with E-state index in [1.54, 1.807) is 18.2 Å². The van der Waals surface area contributed by atoms with Gasteiger partial charge in [0.1, 0.15) is 11.6 Å². The molecule has 2 aromatic rings. The quantitative estimate of drug-likeness (QED) is 0.382. The minimum absolute atomic E-state index is 0.0488. The molecule has 0 fully saturated rings. The number of nitrogens with zero attached hydrogens (tertiary/aromatic N) is 2.